The monoisotopic (exact) mass is 342 g/mol. The van der Waals surface area contributed by atoms with Crippen molar-refractivity contribution in [3.05, 3.63) is 66.2 Å². The van der Waals surface area contributed by atoms with Gasteiger partial charge >= 0.3 is 0 Å². The molecule has 0 bridgehead atoms. The van der Waals surface area contributed by atoms with Crippen LogP contribution < -0.4 is 5.73 Å². The number of aromatic amines is 1. The smallest absolute Gasteiger partial charge is 0.178 e. The van der Waals surface area contributed by atoms with Crippen molar-refractivity contribution < 1.29 is 0 Å². The number of pyridine rings is 2. The van der Waals surface area contributed by atoms with Gasteiger partial charge in [-0.05, 0) is 17.2 Å². The van der Waals surface area contributed by atoms with Crippen LogP contribution in [-0.2, 0) is 6.42 Å². The zero-order valence-corrected chi connectivity index (χ0v) is 13.7. The zero-order chi connectivity index (χ0) is 17.5. The first-order valence-corrected chi connectivity index (χ1v) is 8.11. The van der Waals surface area contributed by atoms with Crippen molar-refractivity contribution in [2.24, 2.45) is 0 Å². The van der Waals surface area contributed by atoms with Crippen LogP contribution in [0.1, 0.15) is 11.1 Å². The van der Waals surface area contributed by atoms with E-state index in [1.165, 1.54) is 0 Å². The van der Waals surface area contributed by atoms with Gasteiger partial charge in [-0.25, -0.2) is 14.8 Å². The van der Waals surface area contributed by atoms with Gasteiger partial charge in [0.15, 0.2) is 5.65 Å². The van der Waals surface area contributed by atoms with Crippen LogP contribution in [0.3, 0.4) is 0 Å². The molecule has 0 aliphatic rings. The van der Waals surface area contributed by atoms with Crippen molar-refractivity contribution >= 4 is 27.8 Å². The van der Waals surface area contributed by atoms with Gasteiger partial charge in [0, 0.05) is 29.6 Å². The molecule has 8 nitrogen and oxygen atoms in total. The molecule has 0 saturated heterocycles. The highest BCUT2D eigenvalue weighted by Crippen LogP contribution is 2.22. The number of rotatable bonds is 3. The van der Waals surface area contributed by atoms with Gasteiger partial charge < -0.3 is 5.73 Å². The van der Waals surface area contributed by atoms with Crippen molar-refractivity contribution in [3.8, 4) is 5.69 Å². The van der Waals surface area contributed by atoms with E-state index < -0.39 is 0 Å². The van der Waals surface area contributed by atoms with Crippen molar-refractivity contribution in [1.82, 2.24) is 35.2 Å². The molecule has 4 aromatic heterocycles. The number of fused-ring (bicyclic) bond motifs is 2. The maximum Gasteiger partial charge on any atom is 0.178 e. The van der Waals surface area contributed by atoms with E-state index in [-0.39, 0.29) is 0 Å². The second kappa shape index (κ2) is 5.62. The SMILES string of the molecule is Nc1cc(Cc2cnn(-c3cncc4ccccc34)c2)c2nn[nH]c2n1. The van der Waals surface area contributed by atoms with Gasteiger partial charge in [0.05, 0.1) is 18.1 Å². The maximum absolute atomic E-state index is 5.88. The quantitative estimate of drug-likeness (QED) is 0.520. The minimum absolute atomic E-state index is 0.434. The van der Waals surface area contributed by atoms with Gasteiger partial charge in [0.25, 0.3) is 0 Å². The maximum atomic E-state index is 5.88. The molecule has 5 aromatic rings. The summed E-state index contributed by atoms with van der Waals surface area (Å²) < 4.78 is 1.84. The Morgan fingerprint density at radius 3 is 3.00 bits per heavy atom. The normalized spacial score (nSPS) is 11.4. The number of nitrogens with two attached hydrogens (primary N) is 1. The number of nitrogens with zero attached hydrogens (tertiary/aromatic N) is 6. The lowest BCUT2D eigenvalue weighted by Crippen LogP contribution is -1.97. The lowest BCUT2D eigenvalue weighted by molar-refractivity contribution is 0.881. The summed E-state index contributed by atoms with van der Waals surface area (Å²) in [5.41, 5.74) is 10.1. The number of nitrogens with one attached hydrogen (secondary N) is 1. The number of nitrogen functional groups attached to an aromatic ring is 1. The summed E-state index contributed by atoms with van der Waals surface area (Å²) in [6, 6.07) is 9.94. The lowest BCUT2D eigenvalue weighted by atomic mass is 10.1. The van der Waals surface area contributed by atoms with Gasteiger partial charge in [-0.1, -0.05) is 29.5 Å². The van der Waals surface area contributed by atoms with Crippen molar-refractivity contribution in [2.45, 2.75) is 6.42 Å². The summed E-state index contributed by atoms with van der Waals surface area (Å²) in [6.45, 7) is 0. The molecule has 0 saturated carbocycles. The van der Waals surface area contributed by atoms with Crippen molar-refractivity contribution in [1.29, 1.82) is 0 Å². The Hall–Kier alpha value is -3.81. The Morgan fingerprint density at radius 1 is 1.12 bits per heavy atom. The number of hydrogen-bond acceptors (Lipinski definition) is 6. The summed E-state index contributed by atoms with van der Waals surface area (Å²) >= 11 is 0. The molecule has 26 heavy (non-hydrogen) atoms. The fourth-order valence-corrected chi connectivity index (χ4v) is 3.15. The molecule has 0 unspecified atom stereocenters. The zero-order valence-electron chi connectivity index (χ0n) is 13.7. The van der Waals surface area contributed by atoms with E-state index in [9.17, 15) is 0 Å². The van der Waals surface area contributed by atoms with Gasteiger partial charge in [-0.3, -0.25) is 4.98 Å². The van der Waals surface area contributed by atoms with Crippen molar-refractivity contribution in [2.75, 3.05) is 5.73 Å². The second-order valence-electron chi connectivity index (χ2n) is 6.06. The van der Waals surface area contributed by atoms with Crippen LogP contribution in [0.25, 0.3) is 27.6 Å². The van der Waals surface area contributed by atoms with E-state index in [1.807, 2.05) is 53.7 Å². The fraction of sp³-hybridized carbons (Fsp3) is 0.0556. The molecule has 0 aliphatic heterocycles. The molecule has 0 spiro atoms. The molecule has 0 aliphatic carbocycles. The van der Waals surface area contributed by atoms with Crippen LogP contribution in [0, 0.1) is 0 Å². The minimum Gasteiger partial charge on any atom is -0.384 e. The topological polar surface area (TPSA) is 111 Å². The molecule has 0 fully saturated rings. The average molecular weight is 342 g/mol. The first-order chi connectivity index (χ1) is 12.8. The summed E-state index contributed by atoms with van der Waals surface area (Å²) in [7, 11) is 0. The predicted octanol–water partition coefficient (Wildman–Crippen LogP) is 2.26. The lowest BCUT2D eigenvalue weighted by Gasteiger charge is -2.05. The molecule has 5 rings (SSSR count). The highest BCUT2D eigenvalue weighted by molar-refractivity contribution is 5.88. The van der Waals surface area contributed by atoms with Gasteiger partial charge in [0.1, 0.15) is 11.3 Å². The fourth-order valence-electron chi connectivity index (χ4n) is 3.15. The Bertz CT molecular complexity index is 1230. The molecule has 126 valence electrons. The predicted molar refractivity (Wildman–Crippen MR) is 97.8 cm³/mol. The van der Waals surface area contributed by atoms with Gasteiger partial charge in [-0.2, -0.15) is 5.10 Å². The first-order valence-electron chi connectivity index (χ1n) is 8.11. The Kier molecular flexibility index (Phi) is 3.14. The van der Waals surface area contributed by atoms with Gasteiger partial charge in [0.2, 0.25) is 0 Å². The van der Waals surface area contributed by atoms with Crippen LogP contribution in [0.4, 0.5) is 5.82 Å². The van der Waals surface area contributed by atoms with Crippen LogP contribution >= 0.6 is 0 Å². The van der Waals surface area contributed by atoms with Crippen LogP contribution in [0.5, 0.6) is 0 Å². The van der Waals surface area contributed by atoms with Crippen LogP contribution in [0.15, 0.2) is 55.1 Å². The summed E-state index contributed by atoms with van der Waals surface area (Å²) in [5.74, 6) is 0.434. The number of H-pyrrole nitrogens is 1. The third-order valence-corrected chi connectivity index (χ3v) is 4.32. The number of hydrogen-bond donors (Lipinski definition) is 2. The molecular formula is C18H14N8. The van der Waals surface area contributed by atoms with Gasteiger partial charge in [-0.15, -0.1) is 5.10 Å². The average Bonchev–Trinajstić information content (AvgIpc) is 3.30. The molecule has 0 radical (unpaired) electrons. The third-order valence-electron chi connectivity index (χ3n) is 4.32. The molecule has 1 aromatic carbocycles. The molecule has 4 heterocycles. The summed E-state index contributed by atoms with van der Waals surface area (Å²) in [5, 5.41) is 17.4. The highest BCUT2D eigenvalue weighted by Gasteiger charge is 2.11. The largest absolute Gasteiger partial charge is 0.384 e. The van der Waals surface area contributed by atoms with Crippen LogP contribution in [-0.4, -0.2) is 35.2 Å². The Labute approximate surface area is 147 Å². The molecular weight excluding hydrogens is 328 g/mol. The third kappa shape index (κ3) is 2.35. The van der Waals surface area contributed by atoms with E-state index >= 15 is 0 Å². The standard InChI is InChI=1S/C18H14N8/c19-16-6-13(17-18(22-16)24-25-23-17)5-11-7-21-26(10-11)15-9-20-8-12-3-1-2-4-14(12)15/h1-4,6-10H,5H2,(H3,19,22,23,24,25). The molecule has 0 amide bonds. The first kappa shape index (κ1) is 14.5. The van der Waals surface area contributed by atoms with E-state index in [4.69, 9.17) is 5.73 Å². The highest BCUT2D eigenvalue weighted by atomic mass is 15.3. The van der Waals surface area contributed by atoms with E-state index in [0.717, 1.165) is 33.1 Å². The summed E-state index contributed by atoms with van der Waals surface area (Å²) in [6.07, 6.45) is 8.13. The summed E-state index contributed by atoms with van der Waals surface area (Å²) in [4.78, 5) is 8.51. The Morgan fingerprint density at radius 2 is 2.04 bits per heavy atom. The number of aromatic nitrogens is 7. The van der Waals surface area contributed by atoms with E-state index in [1.54, 1.807) is 0 Å². The van der Waals surface area contributed by atoms with E-state index in [2.05, 4.69) is 36.5 Å². The number of benzene rings is 1. The van der Waals surface area contributed by atoms with E-state index in [0.29, 0.717) is 17.9 Å². The minimum atomic E-state index is 0.434. The van der Waals surface area contributed by atoms with Crippen LogP contribution in [0.2, 0.25) is 0 Å². The molecule has 0 atom stereocenters. The molecule has 3 N–H and O–H groups in total. The Balaban J connectivity index is 1.55. The second-order valence-corrected chi connectivity index (χ2v) is 6.06. The van der Waals surface area contributed by atoms with Crippen molar-refractivity contribution in [3.63, 3.8) is 0 Å². The number of anilines is 1. The molecule has 8 heteroatoms.